The van der Waals surface area contributed by atoms with Crippen molar-refractivity contribution in [3.8, 4) is 0 Å². The molecule has 2 N–H and O–H groups in total. The highest BCUT2D eigenvalue weighted by Crippen LogP contribution is 2.51. The molecule has 0 aromatic heterocycles. The first-order chi connectivity index (χ1) is 10.3. The van der Waals surface area contributed by atoms with E-state index in [0.29, 0.717) is 0 Å². The van der Waals surface area contributed by atoms with Gasteiger partial charge in [0.15, 0.2) is 0 Å². The van der Waals surface area contributed by atoms with Crippen molar-refractivity contribution in [1.29, 1.82) is 0 Å². The van der Waals surface area contributed by atoms with Crippen LogP contribution in [-0.2, 0) is 14.8 Å². The molecule has 0 aliphatic heterocycles. The van der Waals surface area contributed by atoms with Gasteiger partial charge in [0.2, 0.25) is 10.0 Å². The maximum Gasteiger partial charge on any atom is 0.308 e. The molecule has 5 nitrogen and oxygen atoms in total. The fourth-order valence-corrected chi connectivity index (χ4v) is 7.08. The predicted octanol–water partition coefficient (Wildman–Crippen LogP) is 2.38. The van der Waals surface area contributed by atoms with Gasteiger partial charge < -0.3 is 5.11 Å². The van der Waals surface area contributed by atoms with Gasteiger partial charge in [0, 0.05) is 6.04 Å². The van der Waals surface area contributed by atoms with Gasteiger partial charge in [-0.05, 0) is 42.9 Å². The Balaban J connectivity index is 1.67. The topological polar surface area (TPSA) is 83.5 Å². The van der Waals surface area contributed by atoms with Crippen molar-refractivity contribution in [2.24, 2.45) is 23.2 Å². The molecule has 0 heterocycles. The van der Waals surface area contributed by atoms with E-state index in [2.05, 4.69) is 11.6 Å². The van der Waals surface area contributed by atoms with Crippen molar-refractivity contribution >= 4 is 16.0 Å². The quantitative estimate of drug-likeness (QED) is 0.811. The van der Waals surface area contributed by atoms with E-state index in [1.807, 2.05) is 0 Å². The number of hydrogen-bond donors (Lipinski definition) is 2. The van der Waals surface area contributed by atoms with Gasteiger partial charge in [-0.2, -0.15) is 0 Å². The summed E-state index contributed by atoms with van der Waals surface area (Å²) in [4.78, 5) is 11.4. The summed E-state index contributed by atoms with van der Waals surface area (Å²) >= 11 is 0. The SMILES string of the molecule is CC1(CS(=O)(=O)N[C@H]2[C@@H]3CCC[C@@H]3[C@@H]2C(=O)O)CCCCC1. The summed E-state index contributed by atoms with van der Waals surface area (Å²) in [7, 11) is -3.42. The van der Waals surface area contributed by atoms with Crippen LogP contribution in [-0.4, -0.2) is 31.3 Å². The number of carboxylic acids is 1. The summed E-state index contributed by atoms with van der Waals surface area (Å²) in [5.41, 5.74) is -0.151. The predicted molar refractivity (Wildman–Crippen MR) is 83.9 cm³/mol. The van der Waals surface area contributed by atoms with Crippen molar-refractivity contribution in [3.63, 3.8) is 0 Å². The van der Waals surface area contributed by atoms with Gasteiger partial charge in [-0.1, -0.05) is 32.6 Å². The molecule has 0 unspecified atom stereocenters. The number of fused-ring (bicyclic) bond motifs is 1. The Hall–Kier alpha value is -0.620. The lowest BCUT2D eigenvalue weighted by Gasteiger charge is -2.47. The second-order valence-corrected chi connectivity index (χ2v) is 9.65. The van der Waals surface area contributed by atoms with Gasteiger partial charge in [0.25, 0.3) is 0 Å². The monoisotopic (exact) mass is 329 g/mol. The van der Waals surface area contributed by atoms with Gasteiger partial charge in [-0.25, -0.2) is 13.1 Å². The number of carbonyl (C=O) groups is 1. The highest BCUT2D eigenvalue weighted by Gasteiger charge is 2.57. The van der Waals surface area contributed by atoms with E-state index in [4.69, 9.17) is 0 Å². The molecular formula is C16H27NO4S. The Morgan fingerprint density at radius 1 is 1.14 bits per heavy atom. The zero-order valence-corrected chi connectivity index (χ0v) is 14.1. The Morgan fingerprint density at radius 3 is 2.41 bits per heavy atom. The molecule has 0 aromatic carbocycles. The zero-order valence-electron chi connectivity index (χ0n) is 13.3. The minimum Gasteiger partial charge on any atom is -0.481 e. The second-order valence-electron chi connectivity index (χ2n) is 7.90. The lowest BCUT2D eigenvalue weighted by molar-refractivity contribution is -0.152. The lowest BCUT2D eigenvalue weighted by atomic mass is 9.63. The lowest BCUT2D eigenvalue weighted by Crippen LogP contribution is -2.61. The van der Waals surface area contributed by atoms with Crippen LogP contribution in [0.25, 0.3) is 0 Å². The summed E-state index contributed by atoms with van der Waals surface area (Å²) in [5, 5.41) is 9.38. The van der Waals surface area contributed by atoms with E-state index >= 15 is 0 Å². The molecule has 3 aliphatic carbocycles. The molecule has 0 radical (unpaired) electrons. The van der Waals surface area contributed by atoms with Crippen molar-refractivity contribution in [3.05, 3.63) is 0 Å². The Labute approximate surface area is 132 Å². The van der Waals surface area contributed by atoms with Crippen LogP contribution < -0.4 is 4.72 Å². The van der Waals surface area contributed by atoms with E-state index in [-0.39, 0.29) is 29.0 Å². The number of nitrogens with one attached hydrogen (secondary N) is 1. The number of sulfonamides is 1. The van der Waals surface area contributed by atoms with Crippen molar-refractivity contribution in [1.82, 2.24) is 4.72 Å². The number of carboxylic acid groups (broad SMARTS) is 1. The Kier molecular flexibility index (Phi) is 4.27. The molecule has 6 heteroatoms. The molecule has 0 spiro atoms. The van der Waals surface area contributed by atoms with Gasteiger partial charge in [-0.15, -0.1) is 0 Å². The van der Waals surface area contributed by atoms with Crippen LogP contribution in [0.1, 0.15) is 58.3 Å². The van der Waals surface area contributed by atoms with Crippen LogP contribution in [0.3, 0.4) is 0 Å². The van der Waals surface area contributed by atoms with Gasteiger partial charge in [-0.3, -0.25) is 4.79 Å². The molecule has 22 heavy (non-hydrogen) atoms. The van der Waals surface area contributed by atoms with E-state index in [1.54, 1.807) is 0 Å². The van der Waals surface area contributed by atoms with Crippen molar-refractivity contribution in [2.75, 3.05) is 5.75 Å². The minimum atomic E-state index is -3.42. The third kappa shape index (κ3) is 3.04. The van der Waals surface area contributed by atoms with Crippen LogP contribution in [0.2, 0.25) is 0 Å². The number of hydrogen-bond acceptors (Lipinski definition) is 3. The fourth-order valence-electron chi connectivity index (χ4n) is 5.05. The Bertz CT molecular complexity index is 538. The molecule has 0 saturated heterocycles. The first-order valence-electron chi connectivity index (χ1n) is 8.54. The standard InChI is InChI=1S/C16H27NO4S/c1-16(8-3-2-4-9-16)10-22(20,21)17-14-12-7-5-6-11(12)13(14)15(18)19/h11-14,17H,2-10H2,1H3,(H,18,19)/t11-,12+,13-,14-/m0/s1. The molecule has 0 bridgehead atoms. The van der Waals surface area contributed by atoms with Crippen LogP contribution in [0.15, 0.2) is 0 Å². The maximum atomic E-state index is 12.6. The summed E-state index contributed by atoms with van der Waals surface area (Å²) in [6.45, 7) is 2.05. The Morgan fingerprint density at radius 2 is 1.77 bits per heavy atom. The number of aliphatic carboxylic acids is 1. The molecule has 0 amide bonds. The van der Waals surface area contributed by atoms with Gasteiger partial charge in [0.1, 0.15) is 0 Å². The zero-order chi connectivity index (χ0) is 16.0. The maximum absolute atomic E-state index is 12.6. The van der Waals surface area contributed by atoms with Crippen molar-refractivity contribution in [2.45, 2.75) is 64.3 Å². The molecule has 3 rings (SSSR count). The normalized spacial score (nSPS) is 37.3. The van der Waals surface area contributed by atoms with Crippen LogP contribution in [0.4, 0.5) is 0 Å². The second kappa shape index (κ2) is 5.78. The summed E-state index contributed by atoms with van der Waals surface area (Å²) in [6.07, 6.45) is 8.19. The average Bonchev–Trinajstić information content (AvgIpc) is 2.79. The molecule has 0 aromatic rings. The smallest absolute Gasteiger partial charge is 0.308 e. The summed E-state index contributed by atoms with van der Waals surface area (Å²) < 4.78 is 27.9. The van der Waals surface area contributed by atoms with Gasteiger partial charge >= 0.3 is 5.97 Å². The third-order valence-corrected chi connectivity index (χ3v) is 7.84. The fraction of sp³-hybridized carbons (Fsp3) is 0.938. The molecule has 126 valence electrons. The summed E-state index contributed by atoms with van der Waals surface area (Å²) in [6, 6.07) is -0.387. The van der Waals surface area contributed by atoms with Crippen molar-refractivity contribution < 1.29 is 18.3 Å². The van der Waals surface area contributed by atoms with E-state index < -0.39 is 21.9 Å². The first kappa shape index (κ1) is 16.2. The molecule has 4 atom stereocenters. The molecule has 3 aliphatic rings. The van der Waals surface area contributed by atoms with Crippen LogP contribution in [0, 0.1) is 23.2 Å². The van der Waals surface area contributed by atoms with Crippen LogP contribution in [0.5, 0.6) is 0 Å². The highest BCUT2D eigenvalue weighted by molar-refractivity contribution is 7.89. The van der Waals surface area contributed by atoms with Crippen LogP contribution >= 0.6 is 0 Å². The van der Waals surface area contributed by atoms with E-state index in [1.165, 1.54) is 6.42 Å². The largest absolute Gasteiger partial charge is 0.481 e. The first-order valence-corrected chi connectivity index (χ1v) is 10.2. The van der Waals surface area contributed by atoms with E-state index in [9.17, 15) is 18.3 Å². The average molecular weight is 329 g/mol. The summed E-state index contributed by atoms with van der Waals surface area (Å²) in [5.74, 6) is -0.827. The molecular weight excluding hydrogens is 302 g/mol. The van der Waals surface area contributed by atoms with Gasteiger partial charge in [0.05, 0.1) is 11.7 Å². The third-order valence-electron chi connectivity index (χ3n) is 6.13. The highest BCUT2D eigenvalue weighted by atomic mass is 32.2. The minimum absolute atomic E-state index is 0.139. The molecule has 3 fully saturated rings. The number of rotatable bonds is 5. The van der Waals surface area contributed by atoms with E-state index in [0.717, 1.165) is 44.9 Å². The molecule has 3 saturated carbocycles.